The van der Waals surface area contributed by atoms with Crippen LogP contribution in [0.1, 0.15) is 26.2 Å². The SMILES string of the molecule is CC1CCCCN1S(=O)(=O)N1CCOC(C(N)=NO)C1. The van der Waals surface area contributed by atoms with Crippen LogP contribution in [0.3, 0.4) is 0 Å². The largest absolute Gasteiger partial charge is 0.409 e. The lowest BCUT2D eigenvalue weighted by atomic mass is 10.1. The molecule has 3 N–H and O–H groups in total. The maximum absolute atomic E-state index is 12.7. The van der Waals surface area contributed by atoms with Crippen LogP contribution in [0, 0.1) is 0 Å². The fourth-order valence-corrected chi connectivity index (χ4v) is 4.49. The molecule has 8 nitrogen and oxygen atoms in total. The predicted octanol–water partition coefficient (Wildman–Crippen LogP) is -0.447. The van der Waals surface area contributed by atoms with Crippen molar-refractivity contribution in [3.8, 4) is 0 Å². The van der Waals surface area contributed by atoms with Gasteiger partial charge in [0.05, 0.1) is 6.61 Å². The van der Waals surface area contributed by atoms with Gasteiger partial charge >= 0.3 is 0 Å². The number of hydrogen-bond acceptors (Lipinski definition) is 5. The standard InChI is InChI=1S/C11H22N4O4S/c1-9-4-2-3-5-15(9)20(17,18)14-6-7-19-10(8-14)11(12)13-16/h9-10,16H,2-8H2,1H3,(H2,12,13). The van der Waals surface area contributed by atoms with Gasteiger partial charge in [-0.15, -0.1) is 0 Å². The number of oxime groups is 1. The lowest BCUT2D eigenvalue weighted by molar-refractivity contribution is 0.0322. The second-order valence-electron chi connectivity index (χ2n) is 5.21. The molecule has 0 amide bonds. The summed E-state index contributed by atoms with van der Waals surface area (Å²) in [6, 6.07) is 0.0129. The zero-order valence-corrected chi connectivity index (χ0v) is 12.4. The Morgan fingerprint density at radius 2 is 2.15 bits per heavy atom. The minimum absolute atomic E-state index is 0.0129. The summed E-state index contributed by atoms with van der Waals surface area (Å²) in [5.74, 6) is -0.100. The molecule has 2 aliphatic heterocycles. The Bertz CT molecular complexity index is 467. The van der Waals surface area contributed by atoms with Crippen molar-refractivity contribution >= 4 is 16.0 Å². The Morgan fingerprint density at radius 3 is 2.80 bits per heavy atom. The van der Waals surface area contributed by atoms with Crippen molar-refractivity contribution in [2.75, 3.05) is 26.2 Å². The molecule has 116 valence electrons. The summed E-state index contributed by atoms with van der Waals surface area (Å²) in [6.45, 7) is 3.10. The van der Waals surface area contributed by atoms with E-state index in [-0.39, 0.29) is 25.0 Å². The van der Waals surface area contributed by atoms with Gasteiger partial charge in [0.2, 0.25) is 0 Å². The van der Waals surface area contributed by atoms with Crippen molar-refractivity contribution in [3.05, 3.63) is 0 Å². The van der Waals surface area contributed by atoms with Gasteiger partial charge < -0.3 is 15.7 Å². The number of hydrogen-bond donors (Lipinski definition) is 2. The van der Waals surface area contributed by atoms with E-state index in [0.29, 0.717) is 13.1 Å². The molecule has 0 aromatic rings. The predicted molar refractivity (Wildman–Crippen MR) is 73.7 cm³/mol. The monoisotopic (exact) mass is 306 g/mol. The molecule has 2 saturated heterocycles. The maximum atomic E-state index is 12.7. The number of nitrogens with two attached hydrogens (primary N) is 1. The van der Waals surface area contributed by atoms with Gasteiger partial charge in [0.15, 0.2) is 5.84 Å². The average molecular weight is 306 g/mol. The third-order valence-electron chi connectivity index (χ3n) is 3.84. The van der Waals surface area contributed by atoms with E-state index in [1.54, 1.807) is 4.31 Å². The van der Waals surface area contributed by atoms with Crippen molar-refractivity contribution in [2.24, 2.45) is 10.9 Å². The molecule has 0 spiro atoms. The number of nitrogens with zero attached hydrogens (tertiary/aromatic N) is 3. The molecule has 0 radical (unpaired) electrons. The molecular formula is C11H22N4O4S. The molecule has 2 atom stereocenters. The number of piperidine rings is 1. The number of morpholine rings is 1. The van der Waals surface area contributed by atoms with E-state index < -0.39 is 16.3 Å². The highest BCUT2D eigenvalue weighted by Crippen LogP contribution is 2.23. The lowest BCUT2D eigenvalue weighted by Gasteiger charge is -2.39. The van der Waals surface area contributed by atoms with Crippen LogP contribution in [0.25, 0.3) is 0 Å². The van der Waals surface area contributed by atoms with Crippen LogP contribution < -0.4 is 5.73 Å². The third kappa shape index (κ3) is 3.05. The van der Waals surface area contributed by atoms with Crippen LogP contribution in [-0.2, 0) is 14.9 Å². The highest BCUT2D eigenvalue weighted by Gasteiger charge is 2.38. The molecule has 9 heteroatoms. The summed E-state index contributed by atoms with van der Waals surface area (Å²) in [6.07, 6.45) is 2.14. The Balaban J connectivity index is 2.12. The molecule has 2 unspecified atom stereocenters. The quantitative estimate of drug-likeness (QED) is 0.318. The number of rotatable bonds is 3. The molecule has 20 heavy (non-hydrogen) atoms. The summed E-state index contributed by atoms with van der Waals surface area (Å²) in [5.41, 5.74) is 5.50. The van der Waals surface area contributed by atoms with Crippen molar-refractivity contribution in [3.63, 3.8) is 0 Å². The van der Waals surface area contributed by atoms with Crippen molar-refractivity contribution in [1.29, 1.82) is 0 Å². The molecular weight excluding hydrogens is 284 g/mol. The smallest absolute Gasteiger partial charge is 0.282 e. The van der Waals surface area contributed by atoms with Crippen LogP contribution in [0.5, 0.6) is 0 Å². The zero-order valence-electron chi connectivity index (χ0n) is 11.6. The van der Waals surface area contributed by atoms with E-state index in [0.717, 1.165) is 19.3 Å². The van der Waals surface area contributed by atoms with E-state index in [4.69, 9.17) is 15.7 Å². The average Bonchev–Trinajstić information content (AvgIpc) is 2.47. The molecule has 2 rings (SSSR count). The van der Waals surface area contributed by atoms with Gasteiger partial charge in [0.25, 0.3) is 10.2 Å². The Morgan fingerprint density at radius 1 is 1.40 bits per heavy atom. The molecule has 0 saturated carbocycles. The van der Waals surface area contributed by atoms with Crippen LogP contribution in [-0.4, -0.2) is 66.5 Å². The van der Waals surface area contributed by atoms with E-state index in [2.05, 4.69) is 5.16 Å². The first-order chi connectivity index (χ1) is 9.46. The second-order valence-corrected chi connectivity index (χ2v) is 7.09. The van der Waals surface area contributed by atoms with E-state index in [1.165, 1.54) is 4.31 Å². The Hall–Kier alpha value is -0.900. The van der Waals surface area contributed by atoms with E-state index in [1.807, 2.05) is 6.92 Å². The molecule has 2 aliphatic rings. The highest BCUT2D eigenvalue weighted by atomic mass is 32.2. The van der Waals surface area contributed by atoms with Gasteiger partial charge in [-0.25, -0.2) is 0 Å². The minimum atomic E-state index is -3.51. The van der Waals surface area contributed by atoms with Crippen molar-refractivity contribution in [1.82, 2.24) is 8.61 Å². The number of amidine groups is 1. The van der Waals surface area contributed by atoms with Crippen molar-refractivity contribution in [2.45, 2.75) is 38.3 Å². The maximum Gasteiger partial charge on any atom is 0.282 e. The summed E-state index contributed by atoms with van der Waals surface area (Å²) in [5, 5.41) is 11.6. The minimum Gasteiger partial charge on any atom is -0.409 e. The molecule has 0 aliphatic carbocycles. The van der Waals surface area contributed by atoms with Crippen LogP contribution in [0.4, 0.5) is 0 Å². The first-order valence-corrected chi connectivity index (χ1v) is 8.22. The molecule has 2 heterocycles. The topological polar surface area (TPSA) is 108 Å². The number of ether oxygens (including phenoxy) is 1. The normalized spacial score (nSPS) is 31.4. The first kappa shape index (κ1) is 15.5. The molecule has 2 fully saturated rings. The van der Waals surface area contributed by atoms with Gasteiger partial charge in [-0.05, 0) is 19.8 Å². The van der Waals surface area contributed by atoms with Crippen LogP contribution in [0.2, 0.25) is 0 Å². The zero-order chi connectivity index (χ0) is 14.8. The first-order valence-electron chi connectivity index (χ1n) is 6.82. The Kier molecular flexibility index (Phi) is 4.84. The van der Waals surface area contributed by atoms with Crippen molar-refractivity contribution < 1.29 is 18.4 Å². The fourth-order valence-electron chi connectivity index (χ4n) is 2.64. The summed E-state index contributed by atoms with van der Waals surface area (Å²) < 4.78 is 33.6. The lowest BCUT2D eigenvalue weighted by Crippen LogP contribution is -2.56. The van der Waals surface area contributed by atoms with Gasteiger partial charge in [-0.3, -0.25) is 0 Å². The fraction of sp³-hybridized carbons (Fsp3) is 0.909. The Labute approximate surface area is 119 Å². The summed E-state index contributed by atoms with van der Waals surface area (Å²) >= 11 is 0. The van der Waals surface area contributed by atoms with E-state index >= 15 is 0 Å². The molecule has 0 aromatic carbocycles. The van der Waals surface area contributed by atoms with Gasteiger partial charge in [-0.1, -0.05) is 11.6 Å². The third-order valence-corrected chi connectivity index (χ3v) is 5.96. The molecule has 0 bridgehead atoms. The van der Waals surface area contributed by atoms with Crippen LogP contribution >= 0.6 is 0 Å². The van der Waals surface area contributed by atoms with Gasteiger partial charge in [0, 0.05) is 25.7 Å². The second kappa shape index (κ2) is 6.25. The summed E-state index contributed by atoms with van der Waals surface area (Å²) in [4.78, 5) is 0. The van der Waals surface area contributed by atoms with Crippen LogP contribution in [0.15, 0.2) is 5.16 Å². The van der Waals surface area contributed by atoms with Gasteiger partial charge in [0.1, 0.15) is 6.10 Å². The summed E-state index contributed by atoms with van der Waals surface area (Å²) in [7, 11) is -3.51. The highest BCUT2D eigenvalue weighted by molar-refractivity contribution is 7.86. The molecule has 0 aromatic heterocycles. The van der Waals surface area contributed by atoms with Gasteiger partial charge in [-0.2, -0.15) is 17.0 Å². The van der Waals surface area contributed by atoms with E-state index in [9.17, 15) is 8.42 Å².